The molecule has 360 valence electrons. The molecule has 1 aliphatic carbocycles. The van der Waals surface area contributed by atoms with E-state index in [4.69, 9.17) is 0 Å². The maximum atomic E-state index is 14.8. The van der Waals surface area contributed by atoms with Crippen molar-refractivity contribution in [1.82, 2.24) is 31.9 Å². The van der Waals surface area contributed by atoms with Crippen LogP contribution in [0.2, 0.25) is 0 Å². The Morgan fingerprint density at radius 1 is 0.545 bits per heavy atom. The average Bonchev–Trinajstić information content (AvgIpc) is 3.25. The van der Waals surface area contributed by atoms with Gasteiger partial charge in [-0.3, -0.25) is 43.2 Å². The van der Waals surface area contributed by atoms with Gasteiger partial charge in [-0.2, -0.15) is 0 Å². The molecule has 1 fully saturated rings. The first kappa shape index (κ1) is 53.3. The number of hydrogen-bond acceptors (Lipinski definition) is 10. The third-order valence-corrected chi connectivity index (χ3v) is 10.8. The molecule has 0 aliphatic heterocycles. The molecule has 1 saturated carbocycles. The number of carboxylic acids is 4. The average molecular weight is 931 g/mol. The van der Waals surface area contributed by atoms with Gasteiger partial charge in [0, 0.05) is 32.1 Å². The number of aliphatic carboxylic acids is 4. The van der Waals surface area contributed by atoms with Crippen LogP contribution in [0.15, 0.2) is 60.7 Å². The zero-order chi connectivity index (χ0) is 48.9. The van der Waals surface area contributed by atoms with Gasteiger partial charge in [0.1, 0.15) is 36.3 Å². The second-order valence-corrected chi connectivity index (χ2v) is 16.0. The van der Waals surface area contributed by atoms with Gasteiger partial charge < -0.3 is 52.3 Å². The van der Waals surface area contributed by atoms with E-state index in [0.29, 0.717) is 24.0 Å². The van der Waals surface area contributed by atoms with E-state index in [1.807, 2.05) is 0 Å². The summed E-state index contributed by atoms with van der Waals surface area (Å²) in [6.07, 6.45) is -4.25. The lowest BCUT2D eigenvalue weighted by Crippen LogP contribution is -2.61. The van der Waals surface area contributed by atoms with E-state index < -0.39 is 146 Å². The lowest BCUT2D eigenvalue weighted by atomic mass is 9.84. The number of carbonyl (C=O) groups excluding carboxylic acids is 6. The van der Waals surface area contributed by atoms with Gasteiger partial charge in [0.25, 0.3) is 0 Å². The molecular weight excluding hydrogens is 875 g/mol. The number of nitrogens with one attached hydrogen (secondary N) is 6. The molecule has 2 aromatic rings. The van der Waals surface area contributed by atoms with Crippen LogP contribution in [-0.4, -0.2) is 122 Å². The van der Waals surface area contributed by atoms with E-state index in [1.54, 1.807) is 60.7 Å². The molecule has 20 nitrogen and oxygen atoms in total. The molecule has 22 heteroatoms. The number of halogens is 2. The van der Waals surface area contributed by atoms with Crippen LogP contribution in [0, 0.1) is 5.92 Å². The third kappa shape index (κ3) is 18.2. The van der Waals surface area contributed by atoms with Crippen LogP contribution in [0.4, 0.5) is 8.78 Å². The fourth-order valence-electron chi connectivity index (χ4n) is 7.62. The minimum atomic E-state index is -3.11. The van der Waals surface area contributed by atoms with E-state index >= 15 is 0 Å². The van der Waals surface area contributed by atoms with Gasteiger partial charge in [0.15, 0.2) is 0 Å². The Morgan fingerprint density at radius 2 is 0.985 bits per heavy atom. The topological polar surface area (TPSA) is 324 Å². The number of rotatable bonds is 27. The van der Waals surface area contributed by atoms with Crippen molar-refractivity contribution < 1.29 is 77.2 Å². The lowest BCUT2D eigenvalue weighted by Gasteiger charge is -2.32. The molecule has 0 heterocycles. The standard InChI is InChI=1S/C44H56F2N6O14/c1-24(53)47-31(23-36(58)59)42(63)48-29(18-20-35(56)57)40(61)52-38(37(26-13-7-3-8-14-26)27-15-9-4-10-16-27)43(64)49-28(17-19-34(54)55)39(60)50-30(21-25-11-5-2-6-12-25)41(62)51-32(44(65)66)22-33(45)46/h3-4,7-10,13-16,25,28-33,37-38H,2,5-6,11-12,17-23H2,1H3,(H,47,53)(H,48,63)(H,49,64)(H,50,60)(H,51,62)(H,52,61)(H,54,55)(H,56,57)(H,58,59)(H,65,66)/t28-,29-,30-,31-,32?,38-/m0/s1. The van der Waals surface area contributed by atoms with Gasteiger partial charge in [0.2, 0.25) is 41.9 Å². The van der Waals surface area contributed by atoms with Crippen LogP contribution in [-0.2, 0) is 47.9 Å². The van der Waals surface area contributed by atoms with Gasteiger partial charge in [0.05, 0.1) is 6.42 Å². The minimum Gasteiger partial charge on any atom is -0.481 e. The first-order valence-corrected chi connectivity index (χ1v) is 21.3. The van der Waals surface area contributed by atoms with Crippen molar-refractivity contribution in [3.63, 3.8) is 0 Å². The highest BCUT2D eigenvalue weighted by molar-refractivity contribution is 5.98. The van der Waals surface area contributed by atoms with Gasteiger partial charge in [-0.25, -0.2) is 13.6 Å². The molecule has 0 saturated heterocycles. The number of alkyl halides is 2. The molecule has 1 aliphatic rings. The third-order valence-electron chi connectivity index (χ3n) is 10.8. The number of hydrogen-bond donors (Lipinski definition) is 10. The molecular formula is C44H56F2N6O14. The van der Waals surface area contributed by atoms with Gasteiger partial charge in [-0.15, -0.1) is 0 Å². The van der Waals surface area contributed by atoms with Gasteiger partial charge >= 0.3 is 23.9 Å². The summed E-state index contributed by atoms with van der Waals surface area (Å²) in [6.45, 7) is 1.01. The SMILES string of the molecule is CC(=O)N[C@@H](CC(=O)O)C(=O)N[C@@H](CCC(=O)O)C(=O)N[C@H](C(=O)N[C@@H](CCC(=O)O)C(=O)N[C@@H](CC1CCCCC1)C(=O)NC(CC(F)F)C(=O)O)C(c1ccccc1)c1ccccc1. The molecule has 0 spiro atoms. The van der Waals surface area contributed by atoms with Crippen LogP contribution >= 0.6 is 0 Å². The van der Waals surface area contributed by atoms with Gasteiger partial charge in [-0.05, 0) is 36.3 Å². The Labute approximate surface area is 378 Å². The Hall–Kier alpha value is -7.00. The van der Waals surface area contributed by atoms with Crippen LogP contribution in [0.1, 0.15) is 101 Å². The molecule has 2 aromatic carbocycles. The van der Waals surface area contributed by atoms with Crippen molar-refractivity contribution in [2.45, 2.75) is 133 Å². The summed E-state index contributed by atoms with van der Waals surface area (Å²) in [5, 5.41) is 52.0. The molecule has 10 N–H and O–H groups in total. The highest BCUT2D eigenvalue weighted by Gasteiger charge is 2.39. The van der Waals surface area contributed by atoms with Crippen molar-refractivity contribution in [1.29, 1.82) is 0 Å². The summed E-state index contributed by atoms with van der Waals surface area (Å²) in [5.74, 6) is -13.8. The first-order valence-electron chi connectivity index (χ1n) is 21.3. The van der Waals surface area contributed by atoms with Crippen LogP contribution in [0.5, 0.6) is 0 Å². The molecule has 1 unspecified atom stereocenters. The molecule has 6 amide bonds. The maximum Gasteiger partial charge on any atom is 0.326 e. The van der Waals surface area contributed by atoms with E-state index in [2.05, 4.69) is 31.9 Å². The van der Waals surface area contributed by atoms with Crippen molar-refractivity contribution in [3.8, 4) is 0 Å². The van der Waals surface area contributed by atoms with E-state index in [0.717, 1.165) is 26.2 Å². The molecule has 66 heavy (non-hydrogen) atoms. The van der Waals surface area contributed by atoms with Crippen molar-refractivity contribution in [3.05, 3.63) is 71.8 Å². The highest BCUT2D eigenvalue weighted by Crippen LogP contribution is 2.30. The lowest BCUT2D eigenvalue weighted by molar-refractivity contribution is -0.143. The fourth-order valence-corrected chi connectivity index (χ4v) is 7.62. The van der Waals surface area contributed by atoms with E-state index in [-0.39, 0.29) is 12.3 Å². The highest BCUT2D eigenvalue weighted by atomic mass is 19.3. The number of carbonyl (C=O) groups is 10. The molecule has 6 atom stereocenters. The zero-order valence-electron chi connectivity index (χ0n) is 36.1. The predicted octanol–water partition coefficient (Wildman–Crippen LogP) is 1.66. The van der Waals surface area contributed by atoms with Crippen LogP contribution in [0.25, 0.3) is 0 Å². The summed E-state index contributed by atoms with van der Waals surface area (Å²) in [4.78, 5) is 129. The molecule has 0 aromatic heterocycles. The smallest absolute Gasteiger partial charge is 0.326 e. The maximum absolute atomic E-state index is 14.8. The monoisotopic (exact) mass is 930 g/mol. The molecule has 0 bridgehead atoms. The predicted molar refractivity (Wildman–Crippen MR) is 227 cm³/mol. The first-order chi connectivity index (χ1) is 31.2. The summed E-state index contributed by atoms with van der Waals surface area (Å²) in [6, 6.07) is 5.70. The van der Waals surface area contributed by atoms with Gasteiger partial charge in [-0.1, -0.05) is 92.8 Å². The Balaban J connectivity index is 2.11. The zero-order valence-corrected chi connectivity index (χ0v) is 36.1. The second-order valence-electron chi connectivity index (χ2n) is 16.0. The fraction of sp³-hybridized carbons (Fsp3) is 0.500. The Bertz CT molecular complexity index is 1970. The van der Waals surface area contributed by atoms with E-state index in [1.165, 1.54) is 0 Å². The van der Waals surface area contributed by atoms with Crippen molar-refractivity contribution >= 4 is 59.3 Å². The van der Waals surface area contributed by atoms with Crippen LogP contribution in [0.3, 0.4) is 0 Å². The number of benzene rings is 2. The Kier molecular flexibility index (Phi) is 21.6. The van der Waals surface area contributed by atoms with E-state index in [9.17, 15) is 77.2 Å². The summed E-state index contributed by atoms with van der Waals surface area (Å²) in [7, 11) is 0. The molecule has 3 rings (SSSR count). The van der Waals surface area contributed by atoms with Crippen LogP contribution < -0.4 is 31.9 Å². The van der Waals surface area contributed by atoms with Crippen molar-refractivity contribution in [2.75, 3.05) is 0 Å². The largest absolute Gasteiger partial charge is 0.481 e. The summed E-state index contributed by atoms with van der Waals surface area (Å²) >= 11 is 0. The minimum absolute atomic E-state index is 0.0559. The van der Waals surface area contributed by atoms with Crippen molar-refractivity contribution in [2.24, 2.45) is 5.92 Å². The number of amides is 6. The number of carboxylic acid groups (broad SMARTS) is 4. The second kappa shape index (κ2) is 26.7. The Morgan fingerprint density at radius 3 is 1.44 bits per heavy atom. The summed E-state index contributed by atoms with van der Waals surface area (Å²) in [5.41, 5.74) is 0.824. The summed E-state index contributed by atoms with van der Waals surface area (Å²) < 4.78 is 26.6. The quantitative estimate of drug-likeness (QED) is 0.0610. The molecule has 0 radical (unpaired) electrons. The normalized spacial score (nSPS) is 15.4.